The Morgan fingerprint density at radius 3 is 2.85 bits per heavy atom. The van der Waals surface area contributed by atoms with E-state index in [1.807, 2.05) is 31.2 Å². The monoisotopic (exact) mass is 177 g/mol. The molecular formula is C11H15NO. The molecule has 1 unspecified atom stereocenters. The Morgan fingerprint density at radius 2 is 2.23 bits per heavy atom. The lowest BCUT2D eigenvalue weighted by Crippen LogP contribution is -2.08. The molecule has 0 radical (unpaired) electrons. The van der Waals surface area contributed by atoms with Gasteiger partial charge in [-0.25, -0.2) is 0 Å². The molecule has 1 aromatic rings. The van der Waals surface area contributed by atoms with Crippen molar-refractivity contribution in [2.45, 2.75) is 13.0 Å². The minimum Gasteiger partial charge on any atom is -0.494 e. The Morgan fingerprint density at radius 1 is 1.54 bits per heavy atom. The van der Waals surface area contributed by atoms with E-state index in [9.17, 15) is 0 Å². The Hall–Kier alpha value is -1.28. The molecule has 0 spiro atoms. The smallest absolute Gasteiger partial charge is 0.124 e. The first-order chi connectivity index (χ1) is 6.29. The second-order valence-electron chi connectivity index (χ2n) is 2.73. The average molecular weight is 177 g/mol. The minimum absolute atomic E-state index is 0.150. The molecule has 0 saturated heterocycles. The van der Waals surface area contributed by atoms with Gasteiger partial charge in [0.15, 0.2) is 0 Å². The van der Waals surface area contributed by atoms with Crippen LogP contribution in [0, 0.1) is 0 Å². The Bertz CT molecular complexity index is 283. The summed E-state index contributed by atoms with van der Waals surface area (Å²) in [5.41, 5.74) is 6.81. The molecule has 13 heavy (non-hydrogen) atoms. The lowest BCUT2D eigenvalue weighted by atomic mass is 10.1. The zero-order chi connectivity index (χ0) is 9.68. The van der Waals surface area contributed by atoms with Crippen LogP contribution >= 0.6 is 0 Å². The third kappa shape index (κ3) is 2.33. The van der Waals surface area contributed by atoms with Crippen molar-refractivity contribution in [1.29, 1.82) is 0 Å². The van der Waals surface area contributed by atoms with Crippen molar-refractivity contribution in [3.8, 4) is 5.75 Å². The van der Waals surface area contributed by atoms with Gasteiger partial charge >= 0.3 is 0 Å². The molecule has 2 heteroatoms. The molecule has 0 saturated carbocycles. The topological polar surface area (TPSA) is 35.2 Å². The van der Waals surface area contributed by atoms with Crippen molar-refractivity contribution in [3.63, 3.8) is 0 Å². The first-order valence-electron chi connectivity index (χ1n) is 4.39. The largest absolute Gasteiger partial charge is 0.494 e. The van der Waals surface area contributed by atoms with Crippen LogP contribution in [0.25, 0.3) is 0 Å². The first-order valence-corrected chi connectivity index (χ1v) is 4.39. The van der Waals surface area contributed by atoms with Gasteiger partial charge in [0.1, 0.15) is 5.75 Å². The molecule has 2 nitrogen and oxygen atoms in total. The zero-order valence-corrected chi connectivity index (χ0v) is 7.86. The van der Waals surface area contributed by atoms with Crippen molar-refractivity contribution in [2.75, 3.05) is 6.61 Å². The SMILES string of the molecule is C=CC(N)c1ccccc1OCC. The molecular weight excluding hydrogens is 162 g/mol. The van der Waals surface area contributed by atoms with Crippen molar-refractivity contribution < 1.29 is 4.74 Å². The maximum atomic E-state index is 5.83. The zero-order valence-electron chi connectivity index (χ0n) is 7.86. The number of para-hydroxylation sites is 1. The highest BCUT2D eigenvalue weighted by Gasteiger charge is 2.06. The fourth-order valence-electron chi connectivity index (χ4n) is 1.17. The molecule has 0 bridgehead atoms. The van der Waals surface area contributed by atoms with E-state index >= 15 is 0 Å². The van der Waals surface area contributed by atoms with Gasteiger partial charge in [0, 0.05) is 5.56 Å². The fourth-order valence-corrected chi connectivity index (χ4v) is 1.17. The second kappa shape index (κ2) is 4.67. The number of hydrogen-bond acceptors (Lipinski definition) is 2. The van der Waals surface area contributed by atoms with Gasteiger partial charge in [-0.1, -0.05) is 24.3 Å². The Kier molecular flexibility index (Phi) is 3.53. The van der Waals surface area contributed by atoms with Gasteiger partial charge in [-0.05, 0) is 13.0 Å². The van der Waals surface area contributed by atoms with Crippen molar-refractivity contribution in [2.24, 2.45) is 5.73 Å². The summed E-state index contributed by atoms with van der Waals surface area (Å²) >= 11 is 0. The highest BCUT2D eigenvalue weighted by molar-refractivity contribution is 5.37. The molecule has 0 fully saturated rings. The molecule has 0 aliphatic rings. The van der Waals surface area contributed by atoms with Crippen LogP contribution < -0.4 is 10.5 Å². The second-order valence-corrected chi connectivity index (χ2v) is 2.73. The molecule has 70 valence electrons. The summed E-state index contributed by atoms with van der Waals surface area (Å²) in [6.45, 7) is 6.27. The predicted molar refractivity (Wildman–Crippen MR) is 54.7 cm³/mol. The number of rotatable bonds is 4. The van der Waals surface area contributed by atoms with E-state index in [1.165, 1.54) is 0 Å². The van der Waals surface area contributed by atoms with Gasteiger partial charge < -0.3 is 10.5 Å². The van der Waals surface area contributed by atoms with Crippen molar-refractivity contribution >= 4 is 0 Å². The van der Waals surface area contributed by atoms with Gasteiger partial charge in [-0.2, -0.15) is 0 Å². The molecule has 1 atom stereocenters. The van der Waals surface area contributed by atoms with E-state index in [4.69, 9.17) is 10.5 Å². The van der Waals surface area contributed by atoms with Crippen molar-refractivity contribution in [3.05, 3.63) is 42.5 Å². The van der Waals surface area contributed by atoms with Crippen LogP contribution in [0.1, 0.15) is 18.5 Å². The van der Waals surface area contributed by atoms with Crippen LogP contribution in [0.3, 0.4) is 0 Å². The predicted octanol–water partition coefficient (Wildman–Crippen LogP) is 2.27. The molecule has 0 aliphatic heterocycles. The summed E-state index contributed by atoms with van der Waals surface area (Å²) < 4.78 is 5.43. The van der Waals surface area contributed by atoms with Gasteiger partial charge in [0.05, 0.1) is 12.6 Å². The number of benzene rings is 1. The quantitative estimate of drug-likeness (QED) is 0.716. The maximum Gasteiger partial charge on any atom is 0.124 e. The number of ether oxygens (including phenoxy) is 1. The van der Waals surface area contributed by atoms with Crippen LogP contribution in [-0.2, 0) is 0 Å². The molecule has 0 aliphatic carbocycles. The van der Waals surface area contributed by atoms with Crippen LogP contribution in [0.2, 0.25) is 0 Å². The Labute approximate surface area is 79.0 Å². The number of hydrogen-bond donors (Lipinski definition) is 1. The van der Waals surface area contributed by atoms with Crippen LogP contribution in [-0.4, -0.2) is 6.61 Å². The van der Waals surface area contributed by atoms with E-state index in [2.05, 4.69) is 6.58 Å². The minimum atomic E-state index is -0.150. The molecule has 0 amide bonds. The summed E-state index contributed by atoms with van der Waals surface area (Å²) in [4.78, 5) is 0. The van der Waals surface area contributed by atoms with Crippen molar-refractivity contribution in [1.82, 2.24) is 0 Å². The summed E-state index contributed by atoms with van der Waals surface area (Å²) in [6.07, 6.45) is 1.71. The fraction of sp³-hybridized carbons (Fsp3) is 0.273. The third-order valence-electron chi connectivity index (χ3n) is 1.83. The van der Waals surface area contributed by atoms with E-state index in [0.29, 0.717) is 6.61 Å². The summed E-state index contributed by atoms with van der Waals surface area (Å²) in [5, 5.41) is 0. The lowest BCUT2D eigenvalue weighted by Gasteiger charge is -2.12. The molecule has 0 heterocycles. The van der Waals surface area contributed by atoms with Gasteiger partial charge in [0.25, 0.3) is 0 Å². The van der Waals surface area contributed by atoms with Gasteiger partial charge in [-0.15, -0.1) is 6.58 Å². The van der Waals surface area contributed by atoms with E-state index < -0.39 is 0 Å². The average Bonchev–Trinajstić information content (AvgIpc) is 2.18. The van der Waals surface area contributed by atoms with Crippen LogP contribution in [0.4, 0.5) is 0 Å². The highest BCUT2D eigenvalue weighted by Crippen LogP contribution is 2.23. The summed E-state index contributed by atoms with van der Waals surface area (Å²) in [6, 6.07) is 7.60. The summed E-state index contributed by atoms with van der Waals surface area (Å²) in [5.74, 6) is 0.845. The third-order valence-corrected chi connectivity index (χ3v) is 1.83. The maximum absolute atomic E-state index is 5.83. The van der Waals surface area contributed by atoms with Crippen LogP contribution in [0.5, 0.6) is 5.75 Å². The van der Waals surface area contributed by atoms with Crippen LogP contribution in [0.15, 0.2) is 36.9 Å². The first kappa shape index (κ1) is 9.81. The van der Waals surface area contributed by atoms with E-state index in [-0.39, 0.29) is 6.04 Å². The molecule has 0 aromatic heterocycles. The molecule has 1 rings (SSSR count). The lowest BCUT2D eigenvalue weighted by molar-refractivity contribution is 0.335. The van der Waals surface area contributed by atoms with Gasteiger partial charge in [-0.3, -0.25) is 0 Å². The van der Waals surface area contributed by atoms with E-state index in [0.717, 1.165) is 11.3 Å². The summed E-state index contributed by atoms with van der Waals surface area (Å²) in [7, 11) is 0. The molecule has 2 N–H and O–H groups in total. The van der Waals surface area contributed by atoms with Gasteiger partial charge in [0.2, 0.25) is 0 Å². The number of nitrogens with two attached hydrogens (primary N) is 1. The Balaban J connectivity index is 2.96. The standard InChI is InChI=1S/C11H15NO/c1-3-10(12)9-7-5-6-8-11(9)13-4-2/h3,5-8,10H,1,4,12H2,2H3. The highest BCUT2D eigenvalue weighted by atomic mass is 16.5. The van der Waals surface area contributed by atoms with E-state index in [1.54, 1.807) is 6.08 Å². The normalized spacial score (nSPS) is 12.2. The molecule has 1 aromatic carbocycles.